The summed E-state index contributed by atoms with van der Waals surface area (Å²) in [6, 6.07) is 9.10. The van der Waals surface area contributed by atoms with Crippen molar-refractivity contribution in [3.63, 3.8) is 0 Å². The van der Waals surface area contributed by atoms with E-state index in [4.69, 9.17) is 15.0 Å². The molecule has 2 spiro atoms. The largest absolute Gasteiger partial charge is 0.354 e. The van der Waals surface area contributed by atoms with Crippen LogP contribution in [0.2, 0.25) is 0 Å². The van der Waals surface area contributed by atoms with Crippen LogP contribution in [-0.2, 0) is 10.8 Å². The van der Waals surface area contributed by atoms with Crippen LogP contribution in [0.1, 0.15) is 62.8 Å². The van der Waals surface area contributed by atoms with Gasteiger partial charge in [-0.05, 0) is 70.0 Å². The number of rotatable bonds is 0. The number of nitrogens with zero attached hydrogens (tertiary/aromatic N) is 4. The molecule has 7 rings (SSSR count). The third-order valence-electron chi connectivity index (χ3n) is 7.88. The van der Waals surface area contributed by atoms with Gasteiger partial charge in [-0.2, -0.15) is 9.97 Å². The van der Waals surface area contributed by atoms with Gasteiger partial charge in [0, 0.05) is 29.5 Å². The molecule has 29 heavy (non-hydrogen) atoms. The first kappa shape index (κ1) is 17.8. The Morgan fingerprint density at radius 2 is 1.72 bits per heavy atom. The minimum Gasteiger partial charge on any atom is -0.354 e. The second kappa shape index (κ2) is 6.49. The maximum absolute atomic E-state index is 4.98. The molecule has 0 amide bonds. The highest BCUT2D eigenvalue weighted by Gasteiger charge is 2.47. The highest BCUT2D eigenvalue weighted by atomic mass is 15.2. The van der Waals surface area contributed by atoms with E-state index in [-0.39, 0.29) is 5.41 Å². The highest BCUT2D eigenvalue weighted by Crippen LogP contribution is 2.52. The molecule has 5 aliphatic rings. The lowest BCUT2D eigenvalue weighted by Gasteiger charge is -2.27. The van der Waals surface area contributed by atoms with Crippen molar-refractivity contribution in [3.05, 3.63) is 35.7 Å². The van der Waals surface area contributed by atoms with Crippen LogP contribution in [0, 0.1) is 5.92 Å². The van der Waals surface area contributed by atoms with Crippen molar-refractivity contribution < 1.29 is 0 Å². The molecular formula is C24H31N5. The molecule has 1 aromatic carbocycles. The third kappa shape index (κ3) is 3.24. The van der Waals surface area contributed by atoms with Crippen molar-refractivity contribution in [1.29, 1.82) is 0 Å². The molecule has 6 bridgehead atoms. The van der Waals surface area contributed by atoms with Crippen LogP contribution in [0.25, 0.3) is 11.4 Å². The molecule has 1 unspecified atom stereocenters. The molecule has 3 aliphatic heterocycles. The summed E-state index contributed by atoms with van der Waals surface area (Å²) in [5.41, 5.74) is 3.17. The standard InChI is InChI=1S/C24H31N5/c1-29-14-8-17-3-2-9-23(10-11-23)21-26-20(27-22(28-21)25-15-17)18-4-6-19(7-5-18)24(16-29)12-13-24/h4-7,17H,2-3,8-16H2,1H3,(H,25,26,27,28). The Morgan fingerprint density at radius 1 is 0.931 bits per heavy atom. The summed E-state index contributed by atoms with van der Waals surface area (Å²) in [6.07, 6.45) is 10.1. The fraction of sp³-hybridized carbons (Fsp3) is 0.625. The Kier molecular flexibility index (Phi) is 3.99. The molecule has 1 aromatic heterocycles. The fourth-order valence-electron chi connectivity index (χ4n) is 5.53. The maximum atomic E-state index is 4.98. The Bertz CT molecular complexity index is 913. The zero-order chi connectivity index (χ0) is 19.5. The SMILES string of the molecule is CN1CCC2CCCC3(CC3)c3nc(nc(n3)-c3ccc(cc3)C3(CC3)C1)NC2. The average molecular weight is 390 g/mol. The van der Waals surface area contributed by atoms with Crippen molar-refractivity contribution in [3.8, 4) is 11.4 Å². The lowest BCUT2D eigenvalue weighted by molar-refractivity contribution is 0.271. The Morgan fingerprint density at radius 3 is 2.48 bits per heavy atom. The summed E-state index contributed by atoms with van der Waals surface area (Å²) in [5.74, 6) is 3.32. The van der Waals surface area contributed by atoms with Gasteiger partial charge < -0.3 is 10.2 Å². The molecule has 2 saturated carbocycles. The smallest absolute Gasteiger partial charge is 0.226 e. The van der Waals surface area contributed by atoms with E-state index in [0.717, 1.165) is 29.7 Å². The molecule has 1 atom stereocenters. The van der Waals surface area contributed by atoms with E-state index in [2.05, 4.69) is 41.5 Å². The molecular weight excluding hydrogens is 358 g/mol. The Balaban J connectivity index is 1.46. The zero-order valence-corrected chi connectivity index (χ0v) is 17.5. The van der Waals surface area contributed by atoms with Gasteiger partial charge >= 0.3 is 0 Å². The number of nitrogens with one attached hydrogen (secondary N) is 1. The molecule has 0 radical (unpaired) electrons. The molecule has 5 heteroatoms. The summed E-state index contributed by atoms with van der Waals surface area (Å²) in [5, 5.41) is 3.58. The van der Waals surface area contributed by atoms with Gasteiger partial charge in [0.05, 0.1) is 0 Å². The Hall–Kier alpha value is -2.01. The van der Waals surface area contributed by atoms with Gasteiger partial charge in [-0.25, -0.2) is 4.98 Å². The average Bonchev–Trinajstić information content (AvgIpc) is 3.66. The van der Waals surface area contributed by atoms with E-state index in [1.54, 1.807) is 0 Å². The topological polar surface area (TPSA) is 53.9 Å². The first-order valence-electron chi connectivity index (χ1n) is 11.4. The van der Waals surface area contributed by atoms with Gasteiger partial charge in [0.2, 0.25) is 5.95 Å². The first-order chi connectivity index (χ1) is 14.1. The molecule has 2 aliphatic carbocycles. The molecule has 0 saturated heterocycles. The minimum absolute atomic E-state index is 0.207. The van der Waals surface area contributed by atoms with E-state index in [1.165, 1.54) is 70.0 Å². The lowest BCUT2D eigenvalue weighted by Crippen LogP contribution is -2.32. The number of benzene rings is 1. The predicted molar refractivity (Wildman–Crippen MR) is 115 cm³/mol. The van der Waals surface area contributed by atoms with Crippen molar-refractivity contribution >= 4 is 5.95 Å². The van der Waals surface area contributed by atoms with Crippen LogP contribution < -0.4 is 5.32 Å². The summed E-state index contributed by atoms with van der Waals surface area (Å²) < 4.78 is 0. The number of likely N-dealkylation sites (N-methyl/N-ethyl adjacent to an activating group) is 1. The molecule has 152 valence electrons. The van der Waals surface area contributed by atoms with E-state index in [9.17, 15) is 0 Å². The molecule has 2 fully saturated rings. The van der Waals surface area contributed by atoms with Crippen LogP contribution in [0.15, 0.2) is 24.3 Å². The fourth-order valence-corrected chi connectivity index (χ4v) is 5.53. The first-order valence-corrected chi connectivity index (χ1v) is 11.4. The predicted octanol–water partition coefficient (Wildman–Crippen LogP) is 4.15. The minimum atomic E-state index is 0.207. The van der Waals surface area contributed by atoms with Crippen LogP contribution in [-0.4, -0.2) is 46.5 Å². The monoisotopic (exact) mass is 389 g/mol. The quantitative estimate of drug-likeness (QED) is 0.734. The third-order valence-corrected chi connectivity index (χ3v) is 7.88. The van der Waals surface area contributed by atoms with E-state index in [1.807, 2.05) is 0 Å². The Labute approximate surface area is 173 Å². The van der Waals surface area contributed by atoms with Crippen LogP contribution in [0.3, 0.4) is 0 Å². The van der Waals surface area contributed by atoms with E-state index < -0.39 is 0 Å². The van der Waals surface area contributed by atoms with Gasteiger partial charge in [-0.15, -0.1) is 0 Å². The molecule has 5 nitrogen and oxygen atoms in total. The summed E-state index contributed by atoms with van der Waals surface area (Å²) in [7, 11) is 2.31. The highest BCUT2D eigenvalue weighted by molar-refractivity contribution is 5.58. The number of fused-ring (bicyclic) bond motifs is 7. The summed E-state index contributed by atoms with van der Waals surface area (Å²) >= 11 is 0. The van der Waals surface area contributed by atoms with Crippen LogP contribution in [0.5, 0.6) is 0 Å². The van der Waals surface area contributed by atoms with Gasteiger partial charge in [0.1, 0.15) is 5.82 Å². The van der Waals surface area contributed by atoms with Crippen molar-refractivity contribution in [2.75, 3.05) is 32.0 Å². The van der Waals surface area contributed by atoms with Gasteiger partial charge in [0.15, 0.2) is 5.82 Å². The van der Waals surface area contributed by atoms with Gasteiger partial charge in [0.25, 0.3) is 0 Å². The van der Waals surface area contributed by atoms with E-state index in [0.29, 0.717) is 11.3 Å². The molecule has 2 aromatic rings. The van der Waals surface area contributed by atoms with Crippen molar-refractivity contribution in [2.24, 2.45) is 5.92 Å². The second-order valence-corrected chi connectivity index (χ2v) is 10.1. The summed E-state index contributed by atoms with van der Waals surface area (Å²) in [6.45, 7) is 3.31. The second-order valence-electron chi connectivity index (χ2n) is 10.1. The normalized spacial score (nSPS) is 27.0. The number of aromatic nitrogens is 3. The van der Waals surface area contributed by atoms with Gasteiger partial charge in [-0.1, -0.05) is 30.7 Å². The maximum Gasteiger partial charge on any atom is 0.226 e. The van der Waals surface area contributed by atoms with E-state index >= 15 is 0 Å². The van der Waals surface area contributed by atoms with Gasteiger partial charge in [-0.3, -0.25) is 0 Å². The summed E-state index contributed by atoms with van der Waals surface area (Å²) in [4.78, 5) is 17.3. The number of hydrogen-bond acceptors (Lipinski definition) is 5. The van der Waals surface area contributed by atoms with Crippen molar-refractivity contribution in [1.82, 2.24) is 19.9 Å². The zero-order valence-electron chi connectivity index (χ0n) is 17.5. The molecule has 1 N–H and O–H groups in total. The number of anilines is 1. The lowest BCUT2D eigenvalue weighted by atomic mass is 9.91. The van der Waals surface area contributed by atoms with Crippen LogP contribution >= 0.6 is 0 Å². The number of hydrogen-bond donors (Lipinski definition) is 1. The van der Waals surface area contributed by atoms with Crippen LogP contribution in [0.4, 0.5) is 5.95 Å². The molecule has 4 heterocycles. The van der Waals surface area contributed by atoms with Crippen molar-refractivity contribution in [2.45, 2.75) is 62.2 Å².